The van der Waals surface area contributed by atoms with Gasteiger partial charge in [-0.15, -0.1) is 0 Å². The number of fused-ring (bicyclic) bond motifs is 1. The van der Waals surface area contributed by atoms with Crippen LogP contribution in [-0.2, 0) is 24.7 Å². The fraction of sp³-hybridized carbons (Fsp3) is 0.383. The molecule has 0 bridgehead atoms. The van der Waals surface area contributed by atoms with Crippen molar-refractivity contribution in [2.24, 2.45) is 11.3 Å². The number of carbonyl (C=O) groups excluding carboxylic acids is 1. The molecule has 0 amide bonds. The van der Waals surface area contributed by atoms with E-state index >= 15 is 0 Å². The van der Waals surface area contributed by atoms with Crippen molar-refractivity contribution in [2.45, 2.75) is 95.2 Å². The molecule has 3 fully saturated rings. The molecule has 4 aliphatic rings. The summed E-state index contributed by atoms with van der Waals surface area (Å²) in [4.78, 5) is 20.1. The Hall–Kier alpha value is -6.49. The molecule has 5 N–H and O–H groups in total. The highest BCUT2D eigenvalue weighted by Crippen LogP contribution is 2.65. The van der Waals surface area contributed by atoms with E-state index in [1.54, 1.807) is 30.3 Å². The first-order valence-corrected chi connectivity index (χ1v) is 25.4. The largest absolute Gasteiger partial charge is 0.508 e. The van der Waals surface area contributed by atoms with Gasteiger partial charge in [-0.25, -0.2) is 0 Å². The number of anilines is 1. The summed E-state index contributed by atoms with van der Waals surface area (Å²) >= 11 is 0. The van der Waals surface area contributed by atoms with Crippen LogP contribution in [0.2, 0.25) is 0 Å². The highest BCUT2D eigenvalue weighted by Gasteiger charge is 2.57. The summed E-state index contributed by atoms with van der Waals surface area (Å²) in [7, 11) is 1.47. The topological polar surface area (TPSA) is 139 Å². The lowest BCUT2D eigenvalue weighted by molar-refractivity contribution is 0.105. The molecule has 1 aromatic heterocycles. The fourth-order valence-electron chi connectivity index (χ4n) is 12.4. The Morgan fingerprint density at radius 2 is 1.61 bits per heavy atom. The number of aromatic nitrogens is 1. The number of aryl methyl sites for hydroxylation is 1. The van der Waals surface area contributed by atoms with Crippen LogP contribution in [0.4, 0.5) is 5.82 Å². The van der Waals surface area contributed by atoms with E-state index in [1.807, 2.05) is 36.4 Å². The Labute approximate surface area is 412 Å². The van der Waals surface area contributed by atoms with Crippen LogP contribution < -0.4 is 29.4 Å². The first kappa shape index (κ1) is 47.2. The maximum Gasteiger partial charge on any atom is 0.335 e. The molecule has 10 nitrogen and oxygen atoms in total. The molecule has 1 spiro atoms. The average molecular weight is 942 g/mol. The molecule has 1 unspecified atom stereocenters. The second-order valence-electron chi connectivity index (χ2n) is 20.2. The van der Waals surface area contributed by atoms with Gasteiger partial charge in [0.05, 0.1) is 19.8 Å². The number of ether oxygens (including phenoxy) is 3. The van der Waals surface area contributed by atoms with Crippen LogP contribution >= 0.6 is 0 Å². The molecule has 2 aliphatic heterocycles. The minimum Gasteiger partial charge on any atom is -0.508 e. The lowest BCUT2D eigenvalue weighted by atomic mass is 9.58. The van der Waals surface area contributed by atoms with E-state index < -0.39 is 12.2 Å². The van der Waals surface area contributed by atoms with Crippen LogP contribution in [0.15, 0.2) is 121 Å². The van der Waals surface area contributed by atoms with E-state index in [4.69, 9.17) is 19.2 Å². The molecule has 2 aliphatic carbocycles. The predicted molar refractivity (Wildman–Crippen MR) is 277 cm³/mol. The monoisotopic (exact) mass is 941 g/mol. The Morgan fingerprint density at radius 1 is 0.871 bits per heavy atom. The number of aromatic hydroxyl groups is 2. The summed E-state index contributed by atoms with van der Waals surface area (Å²) < 4.78 is 19.0. The molecule has 70 heavy (non-hydrogen) atoms. The van der Waals surface area contributed by atoms with Gasteiger partial charge >= 0.3 is 5.78 Å². The predicted octanol–water partition coefficient (Wildman–Crippen LogP) is 10.7. The van der Waals surface area contributed by atoms with Gasteiger partial charge in [0.25, 0.3) is 0 Å². The number of phenolic OH excluding ortho intramolecular Hbond substituents is 2. The van der Waals surface area contributed by atoms with E-state index in [0.29, 0.717) is 35.6 Å². The molecule has 5 atom stereocenters. The van der Waals surface area contributed by atoms with Crippen molar-refractivity contribution >= 4 is 17.7 Å². The summed E-state index contributed by atoms with van der Waals surface area (Å²) in [5.41, 5.74) is 8.77. The quantitative estimate of drug-likeness (QED) is 0.0699. The smallest absolute Gasteiger partial charge is 0.335 e. The fourth-order valence-corrected chi connectivity index (χ4v) is 12.4. The van der Waals surface area contributed by atoms with Gasteiger partial charge in [-0.3, -0.25) is 4.79 Å². The van der Waals surface area contributed by atoms with Crippen LogP contribution in [0.3, 0.4) is 0 Å². The molecular weight excluding hydrogens is 875 g/mol. The van der Waals surface area contributed by atoms with Gasteiger partial charge in [-0.2, -0.15) is 0 Å². The SMILES string of the molecule is COc1c(O)c(CCc2cccc(-c3cc([C@@]4(C)CCC[C@]45CCC[C@H]5Cc4ccccc4)[n-]c3N3CCNCC3)c2)c2c(c1OCC[C@@H](O)/C=C/c1ccccc1)C(=[OH+])CC(c1ccc(O)cc1)O2. The van der Waals surface area contributed by atoms with Crippen molar-refractivity contribution in [1.82, 2.24) is 10.3 Å². The van der Waals surface area contributed by atoms with Gasteiger partial charge in [0.15, 0.2) is 17.1 Å². The summed E-state index contributed by atoms with van der Waals surface area (Å²) in [6, 6.07) is 38.7. The standard InChI is InChI=1S/C60H66N3O7/c1-59(28-11-30-60(59)29-10-18-45(60)37-41-14-7-4-8-15-41)52-38-49(58(62-52)63-33-31-61-32-34-63)44-17-9-16-42(36-44)20-26-48-54(67)57(68-2)56(69-35-27-47(65)23-19-40-12-5-3-6-13-40)53-50(66)39-51(70-55(48)53)43-21-24-46(64)25-22-43/h3-9,12-17,19,21-25,36,38,45,47,51,61,64-65H,10-11,18,20,26-35,37,39H2,1-2H3,(H,66,67)/q-1/p+1/b23-19+/t45-,47-,51?,59+,60-/m0/s1. The summed E-state index contributed by atoms with van der Waals surface area (Å²) in [5, 5.41) is 36.6. The third kappa shape index (κ3) is 9.31. The number of piperazine rings is 1. The molecule has 2 saturated carbocycles. The zero-order valence-corrected chi connectivity index (χ0v) is 40.6. The molecule has 6 aromatic rings. The van der Waals surface area contributed by atoms with Crippen LogP contribution in [0, 0.1) is 11.3 Å². The van der Waals surface area contributed by atoms with Crippen LogP contribution in [-0.4, -0.2) is 71.9 Å². The van der Waals surface area contributed by atoms with Crippen molar-refractivity contribution in [1.29, 1.82) is 0 Å². The van der Waals surface area contributed by atoms with Gasteiger partial charge in [-0.05, 0) is 133 Å². The van der Waals surface area contributed by atoms with Crippen molar-refractivity contribution in [3.05, 3.63) is 160 Å². The van der Waals surface area contributed by atoms with Gasteiger partial charge < -0.3 is 44.7 Å². The van der Waals surface area contributed by atoms with Crippen LogP contribution in [0.1, 0.15) is 103 Å². The molecule has 5 aromatic carbocycles. The number of nitrogens with one attached hydrogen (secondary N) is 1. The first-order chi connectivity index (χ1) is 34.1. The number of benzene rings is 5. The van der Waals surface area contributed by atoms with Gasteiger partial charge in [0, 0.05) is 12.0 Å². The number of aliphatic hydroxyl groups is 1. The van der Waals surface area contributed by atoms with E-state index in [2.05, 4.69) is 77.8 Å². The van der Waals surface area contributed by atoms with Crippen molar-refractivity contribution < 1.29 is 34.3 Å². The summed E-state index contributed by atoms with van der Waals surface area (Å²) in [6.07, 6.45) is 12.0. The van der Waals surface area contributed by atoms with E-state index in [1.165, 1.54) is 56.0 Å². The molecule has 10 heteroatoms. The molecule has 1 saturated heterocycles. The van der Waals surface area contributed by atoms with Crippen LogP contribution in [0.5, 0.6) is 28.7 Å². The van der Waals surface area contributed by atoms with E-state index in [9.17, 15) is 20.1 Å². The summed E-state index contributed by atoms with van der Waals surface area (Å²) in [5.74, 6) is 2.29. The molecule has 364 valence electrons. The molecule has 0 radical (unpaired) electrons. The Kier molecular flexibility index (Phi) is 13.8. The van der Waals surface area contributed by atoms with Crippen molar-refractivity contribution in [3.8, 4) is 39.9 Å². The maximum absolute atomic E-state index is 12.1. The number of methoxy groups -OCH3 is 1. The lowest BCUT2D eigenvalue weighted by Crippen LogP contribution is -2.45. The summed E-state index contributed by atoms with van der Waals surface area (Å²) in [6.45, 7) is 6.23. The van der Waals surface area contributed by atoms with Crippen molar-refractivity contribution in [3.63, 3.8) is 0 Å². The number of hydrogen-bond acceptors (Lipinski definition) is 8. The normalized spacial score (nSPS) is 22.6. The van der Waals surface area contributed by atoms with Gasteiger partial charge in [0.1, 0.15) is 24.0 Å². The van der Waals surface area contributed by atoms with Gasteiger partial charge in [-0.1, -0.05) is 147 Å². The zero-order valence-electron chi connectivity index (χ0n) is 40.6. The maximum atomic E-state index is 12.1. The number of phenols is 2. The van der Waals surface area contributed by atoms with E-state index in [0.717, 1.165) is 67.1 Å². The minimum atomic E-state index is -0.797. The third-order valence-corrected chi connectivity index (χ3v) is 16.1. The number of rotatable bonds is 16. The third-order valence-electron chi connectivity index (χ3n) is 16.1. The zero-order chi connectivity index (χ0) is 48.2. The highest BCUT2D eigenvalue weighted by atomic mass is 16.5. The Morgan fingerprint density at radius 3 is 2.39 bits per heavy atom. The number of hydrogen-bond donors (Lipinski definition) is 4. The minimum absolute atomic E-state index is 0.0297. The molecule has 10 rings (SSSR count). The second-order valence-corrected chi connectivity index (χ2v) is 20.2. The molecular formula is C60H67N3O7. The average Bonchev–Trinajstić information content (AvgIpc) is 4.12. The lowest BCUT2D eigenvalue weighted by Gasteiger charge is -2.47. The Balaban J connectivity index is 0.958. The highest BCUT2D eigenvalue weighted by molar-refractivity contribution is 6.05. The Bertz CT molecular complexity index is 2800. The second kappa shape index (κ2) is 20.5. The first-order valence-electron chi connectivity index (χ1n) is 25.4. The van der Waals surface area contributed by atoms with E-state index in [-0.39, 0.29) is 59.1 Å². The number of aliphatic hydroxyl groups excluding tert-OH is 1. The van der Waals surface area contributed by atoms with Crippen molar-refractivity contribution in [2.75, 3.05) is 44.8 Å². The number of ketones is 1. The van der Waals surface area contributed by atoms with Crippen LogP contribution in [0.25, 0.3) is 17.2 Å². The molecule has 3 heterocycles. The van der Waals surface area contributed by atoms with Gasteiger partial charge in [0.2, 0.25) is 5.75 Å². The number of nitrogens with zero attached hydrogens (tertiary/aromatic N) is 2.